The maximum atomic E-state index is 15.1. The Hall–Kier alpha value is -3.08. The van der Waals surface area contributed by atoms with Crippen LogP contribution >= 0.6 is 0 Å². The fraction of sp³-hybridized carbons (Fsp3) is 0.269. The van der Waals surface area contributed by atoms with Crippen LogP contribution in [0.5, 0.6) is 0 Å². The fourth-order valence-corrected chi connectivity index (χ4v) is 4.05. The third-order valence-electron chi connectivity index (χ3n) is 5.89. The maximum absolute atomic E-state index is 15.1. The first-order valence-electron chi connectivity index (χ1n) is 10.4. The van der Waals surface area contributed by atoms with E-state index < -0.39 is 24.1 Å². The second-order valence-electron chi connectivity index (χ2n) is 8.11. The van der Waals surface area contributed by atoms with E-state index in [2.05, 4.69) is 0 Å². The first-order valence-corrected chi connectivity index (χ1v) is 10.4. The van der Waals surface area contributed by atoms with E-state index in [-0.39, 0.29) is 17.5 Å². The van der Waals surface area contributed by atoms with E-state index in [0.717, 1.165) is 24.0 Å². The summed E-state index contributed by atoms with van der Waals surface area (Å²) in [5.74, 6) is -4.57. The Morgan fingerprint density at radius 3 is 2.32 bits per heavy atom. The summed E-state index contributed by atoms with van der Waals surface area (Å²) < 4.78 is 44.2. The topological polar surface area (TPSA) is 37.3 Å². The van der Waals surface area contributed by atoms with Gasteiger partial charge in [0.05, 0.1) is 0 Å². The minimum atomic E-state index is -3.16. The van der Waals surface area contributed by atoms with Gasteiger partial charge in [-0.1, -0.05) is 48.5 Å². The third kappa shape index (κ3) is 4.82. The van der Waals surface area contributed by atoms with Gasteiger partial charge in [-0.2, -0.15) is 0 Å². The average Bonchev–Trinajstić information content (AvgIpc) is 2.69. The first kappa shape index (κ1) is 21.2. The van der Waals surface area contributed by atoms with Crippen LogP contribution in [0.25, 0.3) is 11.1 Å². The van der Waals surface area contributed by atoms with Crippen molar-refractivity contribution in [2.75, 3.05) is 0 Å². The zero-order valence-corrected chi connectivity index (χ0v) is 17.0. The number of hydrogen-bond donors (Lipinski definition) is 1. The van der Waals surface area contributed by atoms with Crippen LogP contribution in [0.2, 0.25) is 0 Å². The molecule has 1 aliphatic rings. The number of aryl methyl sites for hydroxylation is 3. The van der Waals surface area contributed by atoms with Crippen molar-refractivity contribution < 1.29 is 23.1 Å². The van der Waals surface area contributed by atoms with Crippen molar-refractivity contribution in [1.82, 2.24) is 0 Å². The molecule has 0 aliphatic heterocycles. The molecule has 0 bridgehead atoms. The van der Waals surface area contributed by atoms with Crippen molar-refractivity contribution in [2.24, 2.45) is 0 Å². The number of halogens is 3. The summed E-state index contributed by atoms with van der Waals surface area (Å²) in [6.07, 6.45) is 2.44. The average molecular weight is 424 g/mol. The molecule has 1 N–H and O–H groups in total. The van der Waals surface area contributed by atoms with Crippen molar-refractivity contribution in [2.45, 2.75) is 44.4 Å². The molecule has 0 saturated carbocycles. The van der Waals surface area contributed by atoms with Crippen LogP contribution in [0, 0.1) is 5.82 Å². The van der Waals surface area contributed by atoms with E-state index in [9.17, 15) is 9.18 Å². The number of carbonyl (C=O) groups is 1. The van der Waals surface area contributed by atoms with Gasteiger partial charge in [0.25, 0.3) is 5.92 Å². The predicted octanol–water partition coefficient (Wildman–Crippen LogP) is 6.33. The number of hydrogen-bond acceptors (Lipinski definition) is 1. The Bertz CT molecular complexity index is 1100. The highest BCUT2D eigenvalue weighted by molar-refractivity contribution is 5.69. The van der Waals surface area contributed by atoms with Crippen molar-refractivity contribution in [1.29, 1.82) is 0 Å². The quantitative estimate of drug-likeness (QED) is 0.459. The number of carboxylic acid groups (broad SMARTS) is 1. The van der Waals surface area contributed by atoms with E-state index in [1.807, 2.05) is 18.2 Å². The van der Waals surface area contributed by atoms with Crippen molar-refractivity contribution in [3.05, 3.63) is 94.3 Å². The van der Waals surface area contributed by atoms with Crippen LogP contribution < -0.4 is 0 Å². The Balaban J connectivity index is 1.55. The van der Waals surface area contributed by atoms with Gasteiger partial charge in [-0.05, 0) is 71.2 Å². The molecule has 0 fully saturated rings. The molecule has 0 radical (unpaired) electrons. The molecular weight excluding hydrogens is 401 g/mol. The van der Waals surface area contributed by atoms with Gasteiger partial charge in [0.1, 0.15) is 5.82 Å². The van der Waals surface area contributed by atoms with E-state index in [1.54, 1.807) is 18.2 Å². The number of aliphatic carboxylic acids is 1. The minimum Gasteiger partial charge on any atom is -0.481 e. The van der Waals surface area contributed by atoms with Gasteiger partial charge in [-0.25, -0.2) is 13.2 Å². The van der Waals surface area contributed by atoms with Gasteiger partial charge in [0, 0.05) is 18.4 Å². The normalized spacial score (nSPS) is 12.9. The Labute approximate surface area is 179 Å². The SMILES string of the molecule is O=C(O)CCCc1ccc(C(F)(F)Cc2cc(F)ccc2-c2ccc3c(c2)CC3)cc1. The molecule has 2 nitrogen and oxygen atoms in total. The molecule has 4 rings (SSSR count). The summed E-state index contributed by atoms with van der Waals surface area (Å²) in [6, 6.07) is 16.0. The van der Waals surface area contributed by atoms with Gasteiger partial charge >= 0.3 is 5.97 Å². The second kappa shape index (κ2) is 8.58. The summed E-state index contributed by atoms with van der Waals surface area (Å²) in [6.45, 7) is 0. The molecule has 0 unspecified atom stereocenters. The van der Waals surface area contributed by atoms with Crippen molar-refractivity contribution in [3.8, 4) is 11.1 Å². The lowest BCUT2D eigenvalue weighted by atomic mass is 9.84. The molecule has 0 atom stereocenters. The summed E-state index contributed by atoms with van der Waals surface area (Å²) in [5.41, 5.74) is 4.91. The van der Waals surface area contributed by atoms with Crippen molar-refractivity contribution >= 4 is 5.97 Å². The Morgan fingerprint density at radius 1 is 0.935 bits per heavy atom. The molecule has 0 aromatic heterocycles. The molecule has 0 heterocycles. The lowest BCUT2D eigenvalue weighted by molar-refractivity contribution is -0.137. The summed E-state index contributed by atoms with van der Waals surface area (Å²) in [5, 5.41) is 8.71. The van der Waals surface area contributed by atoms with Crippen LogP contribution in [0.15, 0.2) is 60.7 Å². The Morgan fingerprint density at radius 2 is 1.68 bits per heavy atom. The maximum Gasteiger partial charge on any atom is 0.303 e. The van der Waals surface area contributed by atoms with Gasteiger partial charge in [-0.3, -0.25) is 4.79 Å². The number of carboxylic acids is 1. The summed E-state index contributed by atoms with van der Waals surface area (Å²) in [7, 11) is 0. The molecule has 0 spiro atoms. The standard InChI is InChI=1S/C26H23F3O2/c27-23-12-13-24(20-9-7-18-6-8-19(18)14-20)21(15-23)16-26(28,29)22-10-4-17(5-11-22)2-1-3-25(30)31/h4-5,7,9-15H,1-3,6,8,16H2,(H,30,31). The molecule has 5 heteroatoms. The molecule has 3 aromatic carbocycles. The number of benzene rings is 3. The van der Waals surface area contributed by atoms with E-state index in [4.69, 9.17) is 5.11 Å². The molecule has 1 aliphatic carbocycles. The van der Waals surface area contributed by atoms with Crippen LogP contribution in [0.4, 0.5) is 13.2 Å². The number of alkyl halides is 2. The smallest absolute Gasteiger partial charge is 0.303 e. The monoisotopic (exact) mass is 424 g/mol. The molecule has 3 aromatic rings. The van der Waals surface area contributed by atoms with Crippen LogP contribution in [0.3, 0.4) is 0 Å². The van der Waals surface area contributed by atoms with E-state index in [1.165, 1.54) is 35.4 Å². The molecular formula is C26H23F3O2. The van der Waals surface area contributed by atoms with Gasteiger partial charge in [0.2, 0.25) is 0 Å². The van der Waals surface area contributed by atoms with Crippen LogP contribution in [-0.2, 0) is 36.4 Å². The largest absolute Gasteiger partial charge is 0.481 e. The zero-order chi connectivity index (χ0) is 22.0. The summed E-state index contributed by atoms with van der Waals surface area (Å²) >= 11 is 0. The highest BCUT2D eigenvalue weighted by atomic mass is 19.3. The molecule has 160 valence electrons. The Kier molecular flexibility index (Phi) is 5.86. The van der Waals surface area contributed by atoms with E-state index >= 15 is 8.78 Å². The van der Waals surface area contributed by atoms with Crippen LogP contribution in [-0.4, -0.2) is 11.1 Å². The molecule has 31 heavy (non-hydrogen) atoms. The zero-order valence-electron chi connectivity index (χ0n) is 17.0. The number of fused-ring (bicyclic) bond motifs is 1. The predicted molar refractivity (Wildman–Crippen MR) is 114 cm³/mol. The van der Waals surface area contributed by atoms with Crippen LogP contribution in [0.1, 0.15) is 40.7 Å². The minimum absolute atomic E-state index is 0.0446. The molecule has 0 saturated heterocycles. The van der Waals surface area contributed by atoms with Gasteiger partial charge in [0.15, 0.2) is 0 Å². The van der Waals surface area contributed by atoms with Gasteiger partial charge < -0.3 is 5.11 Å². The lowest BCUT2D eigenvalue weighted by Crippen LogP contribution is -2.18. The number of rotatable bonds is 8. The fourth-order valence-electron chi connectivity index (χ4n) is 4.05. The first-order chi connectivity index (χ1) is 14.8. The van der Waals surface area contributed by atoms with Gasteiger partial charge in [-0.15, -0.1) is 0 Å². The van der Waals surface area contributed by atoms with Crippen molar-refractivity contribution in [3.63, 3.8) is 0 Å². The second-order valence-corrected chi connectivity index (χ2v) is 8.11. The highest BCUT2D eigenvalue weighted by Crippen LogP contribution is 2.37. The third-order valence-corrected chi connectivity index (χ3v) is 5.89. The summed E-state index contributed by atoms with van der Waals surface area (Å²) in [4.78, 5) is 10.6. The highest BCUT2D eigenvalue weighted by Gasteiger charge is 2.33. The molecule has 0 amide bonds. The van der Waals surface area contributed by atoms with E-state index in [0.29, 0.717) is 18.4 Å². The lowest BCUT2D eigenvalue weighted by Gasteiger charge is -2.22.